The Bertz CT molecular complexity index is 445. The molecule has 0 bridgehead atoms. The first-order chi connectivity index (χ1) is 8.58. The van der Waals surface area contributed by atoms with Gasteiger partial charge in [-0.3, -0.25) is 4.79 Å². The van der Waals surface area contributed by atoms with Gasteiger partial charge in [-0.05, 0) is 39.0 Å². The van der Waals surface area contributed by atoms with Crippen LogP contribution < -0.4 is 5.32 Å². The van der Waals surface area contributed by atoms with Crippen LogP contribution in [-0.2, 0) is 0 Å². The van der Waals surface area contributed by atoms with E-state index in [-0.39, 0.29) is 11.6 Å². The summed E-state index contributed by atoms with van der Waals surface area (Å²) in [5.74, 6) is -3.02. The van der Waals surface area contributed by atoms with Crippen molar-refractivity contribution in [3.05, 3.63) is 29.6 Å². The second-order valence-electron chi connectivity index (χ2n) is 4.51. The first-order valence-electron chi connectivity index (χ1n) is 5.87. The number of halogens is 2. The molecule has 1 saturated heterocycles. The van der Waals surface area contributed by atoms with Crippen LogP contribution in [0.15, 0.2) is 12.3 Å². The van der Waals surface area contributed by atoms with Crippen LogP contribution in [0.2, 0.25) is 0 Å². The molecule has 0 spiro atoms. The lowest BCUT2D eigenvalue weighted by Crippen LogP contribution is -2.43. The summed E-state index contributed by atoms with van der Waals surface area (Å²) < 4.78 is 26.3. The molecule has 2 heterocycles. The zero-order chi connectivity index (χ0) is 13.1. The third-order valence-electron chi connectivity index (χ3n) is 3.15. The van der Waals surface area contributed by atoms with Gasteiger partial charge in [-0.15, -0.1) is 0 Å². The summed E-state index contributed by atoms with van der Waals surface area (Å²) in [7, 11) is 2.01. The van der Waals surface area contributed by atoms with E-state index in [1.807, 2.05) is 7.05 Å². The fourth-order valence-electron chi connectivity index (χ4n) is 2.01. The van der Waals surface area contributed by atoms with Crippen molar-refractivity contribution >= 4 is 5.91 Å². The van der Waals surface area contributed by atoms with Gasteiger partial charge in [0, 0.05) is 12.2 Å². The number of piperidine rings is 1. The van der Waals surface area contributed by atoms with Crippen LogP contribution >= 0.6 is 0 Å². The van der Waals surface area contributed by atoms with Crippen LogP contribution in [0.5, 0.6) is 0 Å². The van der Waals surface area contributed by atoms with Crippen molar-refractivity contribution in [2.75, 3.05) is 20.1 Å². The Hall–Kier alpha value is -1.56. The van der Waals surface area contributed by atoms with Crippen LogP contribution in [0.1, 0.15) is 23.2 Å². The molecule has 1 N–H and O–H groups in total. The number of hydrogen-bond donors (Lipinski definition) is 1. The molecule has 6 heteroatoms. The SMILES string of the molecule is CN1CCC(NC(=O)c2ccnc(F)c2F)CC1. The van der Waals surface area contributed by atoms with Gasteiger partial charge in [0.25, 0.3) is 5.91 Å². The lowest BCUT2D eigenvalue weighted by atomic mass is 10.1. The van der Waals surface area contributed by atoms with Crippen LogP contribution in [0.25, 0.3) is 0 Å². The molecule has 1 aromatic rings. The Balaban J connectivity index is 2.01. The van der Waals surface area contributed by atoms with Crippen molar-refractivity contribution in [3.63, 3.8) is 0 Å². The average molecular weight is 255 g/mol. The maximum atomic E-state index is 13.4. The lowest BCUT2D eigenvalue weighted by molar-refractivity contribution is 0.0911. The van der Waals surface area contributed by atoms with E-state index in [0.717, 1.165) is 32.1 Å². The van der Waals surface area contributed by atoms with E-state index >= 15 is 0 Å². The number of hydrogen-bond acceptors (Lipinski definition) is 3. The average Bonchev–Trinajstić information content (AvgIpc) is 2.35. The highest BCUT2D eigenvalue weighted by Crippen LogP contribution is 2.12. The second-order valence-corrected chi connectivity index (χ2v) is 4.51. The minimum Gasteiger partial charge on any atom is -0.349 e. The van der Waals surface area contributed by atoms with Gasteiger partial charge in [-0.2, -0.15) is 4.39 Å². The number of aromatic nitrogens is 1. The molecule has 98 valence electrons. The Morgan fingerprint density at radius 3 is 2.78 bits per heavy atom. The Kier molecular flexibility index (Phi) is 3.86. The normalized spacial score (nSPS) is 17.7. The van der Waals surface area contributed by atoms with Gasteiger partial charge in [-0.25, -0.2) is 9.37 Å². The minimum absolute atomic E-state index is 0.0179. The van der Waals surface area contributed by atoms with Crippen molar-refractivity contribution in [2.24, 2.45) is 0 Å². The monoisotopic (exact) mass is 255 g/mol. The fraction of sp³-hybridized carbons (Fsp3) is 0.500. The smallest absolute Gasteiger partial charge is 0.254 e. The third kappa shape index (κ3) is 2.81. The van der Waals surface area contributed by atoms with Crippen LogP contribution in [-0.4, -0.2) is 42.0 Å². The third-order valence-corrected chi connectivity index (χ3v) is 3.15. The first-order valence-corrected chi connectivity index (χ1v) is 5.87. The summed E-state index contributed by atoms with van der Waals surface area (Å²) in [5, 5.41) is 2.72. The first kappa shape index (κ1) is 12.9. The van der Waals surface area contributed by atoms with Crippen molar-refractivity contribution in [3.8, 4) is 0 Å². The van der Waals surface area contributed by atoms with Gasteiger partial charge in [0.1, 0.15) is 0 Å². The topological polar surface area (TPSA) is 45.2 Å². The number of pyridine rings is 1. The minimum atomic E-state index is -1.24. The van der Waals surface area contributed by atoms with Crippen molar-refractivity contribution < 1.29 is 13.6 Å². The van der Waals surface area contributed by atoms with E-state index < -0.39 is 17.7 Å². The summed E-state index contributed by atoms with van der Waals surface area (Å²) in [6.45, 7) is 1.77. The Labute approximate surface area is 104 Å². The maximum absolute atomic E-state index is 13.4. The predicted molar refractivity (Wildman–Crippen MR) is 62.1 cm³/mol. The van der Waals surface area contributed by atoms with Gasteiger partial charge in [0.2, 0.25) is 5.95 Å². The summed E-state index contributed by atoms with van der Waals surface area (Å²) in [6, 6.07) is 1.20. The van der Waals surface area contributed by atoms with Gasteiger partial charge in [-0.1, -0.05) is 0 Å². The summed E-state index contributed by atoms with van der Waals surface area (Å²) in [4.78, 5) is 17.1. The predicted octanol–water partition coefficient (Wildman–Crippen LogP) is 1.18. The van der Waals surface area contributed by atoms with Gasteiger partial charge in [0.05, 0.1) is 5.56 Å². The number of likely N-dealkylation sites (tertiary alicyclic amines) is 1. The maximum Gasteiger partial charge on any atom is 0.254 e. The quantitative estimate of drug-likeness (QED) is 0.807. The number of amides is 1. The van der Waals surface area contributed by atoms with Crippen LogP contribution in [0.3, 0.4) is 0 Å². The van der Waals surface area contributed by atoms with Crippen molar-refractivity contribution in [1.82, 2.24) is 15.2 Å². The molecule has 0 saturated carbocycles. The molecule has 0 aliphatic carbocycles. The van der Waals surface area contributed by atoms with Crippen LogP contribution in [0, 0.1) is 11.8 Å². The number of nitrogens with one attached hydrogen (secondary N) is 1. The van der Waals surface area contributed by atoms with Gasteiger partial charge >= 0.3 is 0 Å². The molecule has 1 aliphatic rings. The summed E-state index contributed by atoms with van der Waals surface area (Å²) >= 11 is 0. The fourth-order valence-corrected chi connectivity index (χ4v) is 2.01. The summed E-state index contributed by atoms with van der Waals surface area (Å²) in [5.41, 5.74) is -0.290. The highest BCUT2D eigenvalue weighted by molar-refractivity contribution is 5.94. The molecule has 1 aliphatic heterocycles. The van der Waals surface area contributed by atoms with E-state index in [1.165, 1.54) is 6.07 Å². The summed E-state index contributed by atoms with van der Waals surface area (Å²) in [6.07, 6.45) is 2.72. The molecule has 18 heavy (non-hydrogen) atoms. The highest BCUT2D eigenvalue weighted by atomic mass is 19.2. The number of carbonyl (C=O) groups excluding carboxylic acids is 1. The number of carbonyl (C=O) groups is 1. The Morgan fingerprint density at radius 1 is 1.44 bits per heavy atom. The lowest BCUT2D eigenvalue weighted by Gasteiger charge is -2.29. The number of rotatable bonds is 2. The molecule has 0 atom stereocenters. The molecular weight excluding hydrogens is 240 g/mol. The van der Waals surface area contributed by atoms with E-state index in [0.29, 0.717) is 0 Å². The van der Waals surface area contributed by atoms with E-state index in [1.54, 1.807) is 0 Å². The molecule has 1 aromatic heterocycles. The zero-order valence-corrected chi connectivity index (χ0v) is 10.1. The van der Waals surface area contributed by atoms with E-state index in [2.05, 4.69) is 15.2 Å². The molecule has 2 rings (SSSR count). The van der Waals surface area contributed by atoms with Crippen molar-refractivity contribution in [2.45, 2.75) is 18.9 Å². The van der Waals surface area contributed by atoms with Gasteiger partial charge < -0.3 is 10.2 Å². The second kappa shape index (κ2) is 5.39. The highest BCUT2D eigenvalue weighted by Gasteiger charge is 2.21. The molecule has 0 aromatic carbocycles. The molecule has 1 fully saturated rings. The molecule has 1 amide bonds. The molecular formula is C12H15F2N3O. The van der Waals surface area contributed by atoms with E-state index in [4.69, 9.17) is 0 Å². The Morgan fingerprint density at radius 2 is 2.11 bits per heavy atom. The molecule has 0 unspecified atom stereocenters. The molecule has 0 radical (unpaired) electrons. The van der Waals surface area contributed by atoms with E-state index in [9.17, 15) is 13.6 Å². The van der Waals surface area contributed by atoms with Gasteiger partial charge in [0.15, 0.2) is 5.82 Å². The van der Waals surface area contributed by atoms with Crippen LogP contribution in [0.4, 0.5) is 8.78 Å². The zero-order valence-electron chi connectivity index (χ0n) is 10.1. The van der Waals surface area contributed by atoms with Crippen molar-refractivity contribution in [1.29, 1.82) is 0 Å². The largest absolute Gasteiger partial charge is 0.349 e. The molecule has 4 nitrogen and oxygen atoms in total. The standard InChI is InChI=1S/C12H15F2N3O/c1-17-6-3-8(4-7-17)16-12(18)9-2-5-15-11(14)10(9)13/h2,5,8H,3-4,6-7H2,1H3,(H,16,18). The number of nitrogens with zero attached hydrogens (tertiary/aromatic N) is 2.